The molecule has 1 rings (SSSR count). The zero-order chi connectivity index (χ0) is 12.5. The Kier molecular flexibility index (Phi) is 3.62. The van der Waals surface area contributed by atoms with Gasteiger partial charge in [-0.2, -0.15) is 0 Å². The van der Waals surface area contributed by atoms with E-state index in [0.717, 1.165) is 5.82 Å². The van der Waals surface area contributed by atoms with Crippen molar-refractivity contribution in [3.05, 3.63) is 5.82 Å². The van der Waals surface area contributed by atoms with E-state index in [0.29, 0.717) is 5.16 Å². The van der Waals surface area contributed by atoms with Crippen LogP contribution in [0.1, 0.15) is 33.5 Å². The summed E-state index contributed by atoms with van der Waals surface area (Å²) in [6.45, 7) is 7.78. The van der Waals surface area contributed by atoms with Crippen molar-refractivity contribution in [2.75, 3.05) is 0 Å². The number of carboxylic acids is 1. The fraction of sp³-hybridized carbons (Fsp3) is 0.700. The Labute approximate surface area is 99.3 Å². The van der Waals surface area contributed by atoms with Crippen LogP contribution in [0, 0.1) is 0 Å². The first kappa shape index (κ1) is 13.0. The smallest absolute Gasteiger partial charge is 0.316 e. The van der Waals surface area contributed by atoms with Gasteiger partial charge >= 0.3 is 5.97 Å². The fourth-order valence-corrected chi connectivity index (χ4v) is 2.03. The summed E-state index contributed by atoms with van der Waals surface area (Å²) in [4.78, 5) is 10.7. The van der Waals surface area contributed by atoms with Gasteiger partial charge in [0.05, 0.1) is 0 Å². The molecule has 0 bridgehead atoms. The summed E-state index contributed by atoms with van der Waals surface area (Å²) < 4.78 is 1.85. The number of rotatable bonds is 3. The molecule has 0 saturated heterocycles. The lowest BCUT2D eigenvalue weighted by molar-refractivity contribution is -0.136. The predicted molar refractivity (Wildman–Crippen MR) is 62.7 cm³/mol. The summed E-state index contributed by atoms with van der Waals surface area (Å²) in [6, 6.07) is 0. The second-order valence-electron chi connectivity index (χ2n) is 4.71. The Morgan fingerprint density at radius 2 is 2.00 bits per heavy atom. The molecule has 1 atom stereocenters. The monoisotopic (exact) mass is 243 g/mol. The van der Waals surface area contributed by atoms with Crippen LogP contribution < -0.4 is 0 Å². The van der Waals surface area contributed by atoms with Crippen LogP contribution in [-0.2, 0) is 17.3 Å². The molecular formula is C10H17N3O2S. The summed E-state index contributed by atoms with van der Waals surface area (Å²) >= 11 is 1.21. The van der Waals surface area contributed by atoms with Crippen LogP contribution in [0.5, 0.6) is 0 Å². The van der Waals surface area contributed by atoms with Gasteiger partial charge in [-0.05, 0) is 6.92 Å². The van der Waals surface area contributed by atoms with E-state index in [2.05, 4.69) is 10.2 Å². The highest BCUT2D eigenvalue weighted by atomic mass is 32.2. The van der Waals surface area contributed by atoms with Crippen LogP contribution in [0.3, 0.4) is 0 Å². The molecule has 6 heteroatoms. The van der Waals surface area contributed by atoms with Crippen LogP contribution >= 0.6 is 11.8 Å². The SMILES string of the molecule is CC(Sc1nnc(C(C)(C)C)n1C)C(=O)O. The van der Waals surface area contributed by atoms with Gasteiger partial charge in [0.15, 0.2) is 5.16 Å². The molecule has 1 aromatic heterocycles. The number of aromatic nitrogens is 3. The average Bonchev–Trinajstić information content (AvgIpc) is 2.46. The molecule has 0 fully saturated rings. The number of hydrogen-bond donors (Lipinski definition) is 1. The molecular weight excluding hydrogens is 226 g/mol. The van der Waals surface area contributed by atoms with Gasteiger partial charge in [-0.3, -0.25) is 4.79 Å². The third-order valence-electron chi connectivity index (χ3n) is 2.14. The van der Waals surface area contributed by atoms with Crippen molar-refractivity contribution in [3.63, 3.8) is 0 Å². The van der Waals surface area contributed by atoms with Crippen molar-refractivity contribution in [2.24, 2.45) is 7.05 Å². The Bertz CT molecular complexity index is 395. The van der Waals surface area contributed by atoms with Crippen molar-refractivity contribution in [2.45, 2.75) is 43.5 Å². The van der Waals surface area contributed by atoms with Crippen LogP contribution in [0.15, 0.2) is 5.16 Å². The second kappa shape index (κ2) is 4.45. The van der Waals surface area contributed by atoms with E-state index in [1.165, 1.54) is 11.8 Å². The molecule has 0 aliphatic carbocycles. The molecule has 1 N–H and O–H groups in total. The highest BCUT2D eigenvalue weighted by molar-refractivity contribution is 8.00. The van der Waals surface area contributed by atoms with E-state index in [9.17, 15) is 4.79 Å². The third-order valence-corrected chi connectivity index (χ3v) is 3.26. The minimum atomic E-state index is -0.842. The summed E-state index contributed by atoms with van der Waals surface area (Å²) in [5.74, 6) is 0.0119. The third kappa shape index (κ3) is 2.75. The summed E-state index contributed by atoms with van der Waals surface area (Å²) in [6.07, 6.45) is 0. The van der Waals surface area contributed by atoms with Gasteiger partial charge < -0.3 is 9.67 Å². The number of nitrogens with zero attached hydrogens (tertiary/aromatic N) is 3. The summed E-state index contributed by atoms with van der Waals surface area (Å²) in [5, 5.41) is 17.1. The van der Waals surface area contributed by atoms with E-state index in [1.807, 2.05) is 32.4 Å². The van der Waals surface area contributed by atoms with E-state index < -0.39 is 11.2 Å². The molecule has 0 radical (unpaired) electrons. The molecule has 0 spiro atoms. The predicted octanol–water partition coefficient (Wildman–Crippen LogP) is 1.68. The van der Waals surface area contributed by atoms with E-state index in [1.54, 1.807) is 6.92 Å². The van der Waals surface area contributed by atoms with Gasteiger partial charge in [-0.25, -0.2) is 0 Å². The normalized spacial score (nSPS) is 13.8. The van der Waals surface area contributed by atoms with Crippen molar-refractivity contribution >= 4 is 17.7 Å². The second-order valence-corrected chi connectivity index (χ2v) is 6.02. The van der Waals surface area contributed by atoms with E-state index in [4.69, 9.17) is 5.11 Å². The molecule has 0 aliphatic heterocycles. The minimum absolute atomic E-state index is 0.0903. The van der Waals surface area contributed by atoms with Crippen molar-refractivity contribution in [3.8, 4) is 0 Å². The highest BCUT2D eigenvalue weighted by Gasteiger charge is 2.24. The quantitative estimate of drug-likeness (QED) is 0.818. The topological polar surface area (TPSA) is 68.0 Å². The van der Waals surface area contributed by atoms with Crippen molar-refractivity contribution < 1.29 is 9.90 Å². The molecule has 1 aromatic rings. The number of thioether (sulfide) groups is 1. The van der Waals surface area contributed by atoms with Gasteiger partial charge in [0, 0.05) is 12.5 Å². The lowest BCUT2D eigenvalue weighted by atomic mass is 9.96. The van der Waals surface area contributed by atoms with Gasteiger partial charge in [0.2, 0.25) is 0 Å². The molecule has 5 nitrogen and oxygen atoms in total. The lowest BCUT2D eigenvalue weighted by Gasteiger charge is -2.17. The first-order chi connectivity index (χ1) is 7.23. The van der Waals surface area contributed by atoms with E-state index >= 15 is 0 Å². The average molecular weight is 243 g/mol. The Morgan fingerprint density at radius 3 is 2.38 bits per heavy atom. The van der Waals surface area contributed by atoms with Crippen LogP contribution in [0.25, 0.3) is 0 Å². The summed E-state index contributed by atoms with van der Waals surface area (Å²) in [5.41, 5.74) is -0.0903. The van der Waals surface area contributed by atoms with Gasteiger partial charge in [0.1, 0.15) is 11.1 Å². The van der Waals surface area contributed by atoms with E-state index in [-0.39, 0.29) is 5.41 Å². The maximum absolute atomic E-state index is 10.7. The maximum atomic E-state index is 10.7. The Hall–Kier alpha value is -1.04. The molecule has 0 aliphatic rings. The Morgan fingerprint density at radius 1 is 1.44 bits per heavy atom. The van der Waals surface area contributed by atoms with Gasteiger partial charge in [-0.15, -0.1) is 10.2 Å². The van der Waals surface area contributed by atoms with Gasteiger partial charge in [-0.1, -0.05) is 32.5 Å². The molecule has 1 unspecified atom stereocenters. The number of carbonyl (C=O) groups is 1. The number of hydrogen-bond acceptors (Lipinski definition) is 4. The number of carboxylic acid groups (broad SMARTS) is 1. The molecule has 0 amide bonds. The zero-order valence-electron chi connectivity index (χ0n) is 10.2. The first-order valence-electron chi connectivity index (χ1n) is 5.03. The standard InChI is InChI=1S/C10H17N3O2S/c1-6(7(14)15)16-9-12-11-8(13(9)5)10(2,3)4/h6H,1-5H3,(H,14,15). The largest absolute Gasteiger partial charge is 0.480 e. The highest BCUT2D eigenvalue weighted by Crippen LogP contribution is 2.26. The molecule has 1 heterocycles. The first-order valence-corrected chi connectivity index (χ1v) is 5.90. The number of aliphatic carboxylic acids is 1. The van der Waals surface area contributed by atoms with Crippen LogP contribution in [-0.4, -0.2) is 31.1 Å². The van der Waals surface area contributed by atoms with Crippen LogP contribution in [0.4, 0.5) is 0 Å². The van der Waals surface area contributed by atoms with Crippen molar-refractivity contribution in [1.29, 1.82) is 0 Å². The van der Waals surface area contributed by atoms with Crippen molar-refractivity contribution in [1.82, 2.24) is 14.8 Å². The zero-order valence-corrected chi connectivity index (χ0v) is 11.0. The molecule has 16 heavy (non-hydrogen) atoms. The molecule has 90 valence electrons. The molecule has 0 aromatic carbocycles. The Balaban J connectivity index is 2.93. The fourth-order valence-electron chi connectivity index (χ4n) is 1.28. The lowest BCUT2D eigenvalue weighted by Crippen LogP contribution is -2.18. The molecule has 0 saturated carbocycles. The van der Waals surface area contributed by atoms with Gasteiger partial charge in [0.25, 0.3) is 0 Å². The van der Waals surface area contributed by atoms with Crippen LogP contribution in [0.2, 0.25) is 0 Å². The minimum Gasteiger partial charge on any atom is -0.480 e. The maximum Gasteiger partial charge on any atom is 0.316 e. The summed E-state index contributed by atoms with van der Waals surface area (Å²) in [7, 11) is 1.86.